The first-order valence-corrected chi connectivity index (χ1v) is 12.6. The van der Waals surface area contributed by atoms with Crippen LogP contribution in [-0.2, 0) is 9.59 Å². The SMILES string of the molecule is Cc1ccc(C)c(NC(=O)C[C@@H]2SC(=N[C@@H](c3ccc(N(C)C)cc3)c3c(O)[nH]c(=O)[nH]c3=O)NC2=O)c1. The van der Waals surface area contributed by atoms with Gasteiger partial charge >= 0.3 is 5.69 Å². The number of nitrogens with one attached hydrogen (secondary N) is 4. The average Bonchev–Trinajstić information content (AvgIpc) is 3.18. The topological polar surface area (TPSA) is 160 Å². The molecule has 38 heavy (non-hydrogen) atoms. The summed E-state index contributed by atoms with van der Waals surface area (Å²) in [4.78, 5) is 60.4. The predicted molar refractivity (Wildman–Crippen MR) is 148 cm³/mol. The number of nitrogens with zero attached hydrogens (tertiary/aromatic N) is 2. The number of amidine groups is 1. The summed E-state index contributed by atoms with van der Waals surface area (Å²) in [6.45, 7) is 3.81. The zero-order valence-electron chi connectivity index (χ0n) is 21.3. The largest absolute Gasteiger partial charge is 0.494 e. The van der Waals surface area contributed by atoms with Gasteiger partial charge in [0.05, 0.1) is 0 Å². The van der Waals surface area contributed by atoms with Crippen LogP contribution in [-0.4, -0.2) is 51.4 Å². The van der Waals surface area contributed by atoms with Gasteiger partial charge in [0.1, 0.15) is 16.9 Å². The Labute approximate surface area is 222 Å². The van der Waals surface area contributed by atoms with Gasteiger partial charge in [-0.3, -0.25) is 24.4 Å². The Morgan fingerprint density at radius 2 is 1.82 bits per heavy atom. The minimum atomic E-state index is -1.04. The van der Waals surface area contributed by atoms with Gasteiger partial charge in [-0.15, -0.1) is 0 Å². The summed E-state index contributed by atoms with van der Waals surface area (Å²) in [5, 5.41) is 15.4. The lowest BCUT2D eigenvalue weighted by molar-refractivity contribution is -0.122. The molecular weight excluding hydrogens is 508 g/mol. The Bertz CT molecular complexity index is 1530. The molecule has 0 spiro atoms. The molecular formula is C26H28N6O5S. The van der Waals surface area contributed by atoms with Crippen molar-refractivity contribution in [2.24, 2.45) is 4.99 Å². The van der Waals surface area contributed by atoms with Crippen LogP contribution in [0.25, 0.3) is 0 Å². The summed E-state index contributed by atoms with van der Waals surface area (Å²) in [6.07, 6.45) is -0.0877. The van der Waals surface area contributed by atoms with Crippen molar-refractivity contribution in [1.29, 1.82) is 0 Å². The maximum Gasteiger partial charge on any atom is 0.328 e. The minimum Gasteiger partial charge on any atom is -0.494 e. The number of aromatic hydroxyl groups is 1. The highest BCUT2D eigenvalue weighted by molar-refractivity contribution is 8.15. The molecule has 1 fully saturated rings. The number of aryl methyl sites for hydroxylation is 2. The lowest BCUT2D eigenvalue weighted by Crippen LogP contribution is -2.29. The number of carbonyl (C=O) groups excluding carboxylic acids is 2. The molecule has 2 amide bonds. The number of hydrogen-bond donors (Lipinski definition) is 5. The summed E-state index contributed by atoms with van der Waals surface area (Å²) in [7, 11) is 3.76. The van der Waals surface area contributed by atoms with Gasteiger partial charge in [-0.2, -0.15) is 0 Å². The van der Waals surface area contributed by atoms with Crippen LogP contribution in [0.15, 0.2) is 57.0 Å². The molecule has 0 bridgehead atoms. The molecule has 12 heteroatoms. The first-order valence-electron chi connectivity index (χ1n) is 11.8. The number of benzene rings is 2. The van der Waals surface area contributed by atoms with Gasteiger partial charge in [0, 0.05) is 31.9 Å². The van der Waals surface area contributed by atoms with Gasteiger partial charge in [-0.25, -0.2) is 9.79 Å². The van der Waals surface area contributed by atoms with Gasteiger partial charge < -0.3 is 20.6 Å². The van der Waals surface area contributed by atoms with Crippen molar-refractivity contribution >= 4 is 40.1 Å². The van der Waals surface area contributed by atoms with Crippen LogP contribution in [0.3, 0.4) is 0 Å². The second-order valence-electron chi connectivity index (χ2n) is 9.16. The fourth-order valence-electron chi connectivity index (χ4n) is 3.96. The zero-order valence-corrected chi connectivity index (χ0v) is 22.1. The third kappa shape index (κ3) is 5.97. The number of anilines is 2. The number of amides is 2. The Hall–Kier alpha value is -4.32. The molecule has 4 rings (SSSR count). The molecule has 2 atom stereocenters. The maximum absolute atomic E-state index is 12.7. The highest BCUT2D eigenvalue weighted by atomic mass is 32.2. The molecule has 198 valence electrons. The van der Waals surface area contributed by atoms with E-state index in [9.17, 15) is 24.3 Å². The fraction of sp³-hybridized carbons (Fsp3) is 0.269. The molecule has 2 aromatic carbocycles. The molecule has 1 aromatic heterocycles. The molecule has 2 heterocycles. The number of hydrogen-bond acceptors (Lipinski definition) is 8. The van der Waals surface area contributed by atoms with Crippen molar-refractivity contribution in [3.8, 4) is 5.88 Å². The van der Waals surface area contributed by atoms with Crippen LogP contribution in [0.4, 0.5) is 11.4 Å². The lowest BCUT2D eigenvalue weighted by atomic mass is 10.0. The number of rotatable bonds is 7. The number of H-pyrrole nitrogens is 2. The normalized spacial score (nSPS) is 16.8. The van der Waals surface area contributed by atoms with E-state index in [0.717, 1.165) is 28.6 Å². The van der Waals surface area contributed by atoms with E-state index in [0.29, 0.717) is 11.3 Å². The van der Waals surface area contributed by atoms with Crippen molar-refractivity contribution in [1.82, 2.24) is 15.3 Å². The molecule has 5 N–H and O–H groups in total. The van der Waals surface area contributed by atoms with Crippen molar-refractivity contribution in [3.63, 3.8) is 0 Å². The van der Waals surface area contributed by atoms with Crippen LogP contribution >= 0.6 is 11.8 Å². The third-order valence-corrected chi connectivity index (χ3v) is 7.11. The highest BCUT2D eigenvalue weighted by Crippen LogP contribution is 2.32. The van der Waals surface area contributed by atoms with Crippen LogP contribution in [0.5, 0.6) is 5.88 Å². The molecule has 0 radical (unpaired) electrons. The second kappa shape index (κ2) is 11.0. The van der Waals surface area contributed by atoms with E-state index in [2.05, 4.69) is 25.6 Å². The van der Waals surface area contributed by atoms with Gasteiger partial charge in [-0.1, -0.05) is 36.0 Å². The lowest BCUT2D eigenvalue weighted by Gasteiger charge is -2.17. The Kier molecular flexibility index (Phi) is 7.72. The van der Waals surface area contributed by atoms with Gasteiger partial charge in [0.25, 0.3) is 5.56 Å². The van der Waals surface area contributed by atoms with E-state index in [1.807, 2.05) is 63.2 Å². The molecule has 1 aliphatic heterocycles. The Balaban J connectivity index is 1.61. The summed E-state index contributed by atoms with van der Waals surface area (Å²) in [6, 6.07) is 11.8. The van der Waals surface area contributed by atoms with Crippen LogP contribution in [0.1, 0.15) is 34.7 Å². The number of thioether (sulfide) groups is 1. The first-order chi connectivity index (χ1) is 18.0. The van der Waals surface area contributed by atoms with Crippen LogP contribution < -0.4 is 26.8 Å². The Morgan fingerprint density at radius 1 is 1.11 bits per heavy atom. The number of aliphatic imine (C=N–C) groups is 1. The summed E-state index contributed by atoms with van der Waals surface area (Å²) < 4.78 is 0. The average molecular weight is 537 g/mol. The molecule has 3 aromatic rings. The summed E-state index contributed by atoms with van der Waals surface area (Å²) in [5.74, 6) is -1.34. The smallest absolute Gasteiger partial charge is 0.328 e. The number of aromatic amines is 2. The Morgan fingerprint density at radius 3 is 2.47 bits per heavy atom. The van der Waals surface area contributed by atoms with E-state index in [4.69, 9.17) is 0 Å². The van der Waals surface area contributed by atoms with Gasteiger partial charge in [0.15, 0.2) is 5.17 Å². The molecule has 0 saturated carbocycles. The third-order valence-electron chi connectivity index (χ3n) is 6.02. The van der Waals surface area contributed by atoms with E-state index < -0.39 is 34.3 Å². The van der Waals surface area contributed by atoms with E-state index in [-0.39, 0.29) is 23.1 Å². The monoisotopic (exact) mass is 536 g/mol. The maximum atomic E-state index is 12.7. The quantitative estimate of drug-likeness (QED) is 0.309. The standard InChI is InChI=1S/C26H28N6O5S/c1-13-5-6-14(2)17(11-13)27-19(33)12-18-22(34)31-26(38-18)28-21(15-7-9-16(10-8-15)32(3)4)20-23(35)29-25(37)30-24(20)36/h5-11,18,21H,12H2,1-4H3,(H,27,33)(H,28,31,34)(H3,29,30,35,36,37)/t18-,21-/m0/s1. The molecule has 1 saturated heterocycles. The van der Waals surface area contributed by atoms with E-state index >= 15 is 0 Å². The minimum absolute atomic E-state index is 0.0877. The summed E-state index contributed by atoms with van der Waals surface area (Å²) >= 11 is 1.06. The molecule has 0 unspecified atom stereocenters. The van der Waals surface area contributed by atoms with E-state index in [1.54, 1.807) is 12.1 Å². The van der Waals surface area contributed by atoms with E-state index in [1.165, 1.54) is 0 Å². The first kappa shape index (κ1) is 26.7. The van der Waals surface area contributed by atoms with Crippen LogP contribution in [0, 0.1) is 13.8 Å². The second-order valence-corrected chi connectivity index (χ2v) is 10.4. The van der Waals surface area contributed by atoms with Gasteiger partial charge in [-0.05, 0) is 48.7 Å². The van der Waals surface area contributed by atoms with Crippen molar-refractivity contribution in [2.45, 2.75) is 31.6 Å². The highest BCUT2D eigenvalue weighted by Gasteiger charge is 2.34. The number of carbonyl (C=O) groups is 2. The predicted octanol–water partition coefficient (Wildman–Crippen LogP) is 2.16. The zero-order chi connectivity index (χ0) is 27.6. The molecule has 11 nitrogen and oxygen atoms in total. The van der Waals surface area contributed by atoms with Gasteiger partial charge in [0.2, 0.25) is 17.7 Å². The van der Waals surface area contributed by atoms with Crippen molar-refractivity contribution in [2.75, 3.05) is 24.3 Å². The molecule has 0 aliphatic carbocycles. The number of aromatic nitrogens is 2. The fourth-order valence-corrected chi connectivity index (χ4v) is 4.95. The van der Waals surface area contributed by atoms with Crippen molar-refractivity contribution < 1.29 is 14.7 Å². The van der Waals surface area contributed by atoms with Crippen molar-refractivity contribution in [3.05, 3.63) is 85.6 Å². The molecule has 1 aliphatic rings. The van der Waals surface area contributed by atoms with Crippen LogP contribution in [0.2, 0.25) is 0 Å². The summed E-state index contributed by atoms with van der Waals surface area (Å²) in [5.41, 5.74) is 2.18.